The van der Waals surface area contributed by atoms with E-state index in [1.165, 1.54) is 48.7 Å². The molecule has 44 heavy (non-hydrogen) atoms. The van der Waals surface area contributed by atoms with Gasteiger partial charge in [-0.25, -0.2) is 13.8 Å². The summed E-state index contributed by atoms with van der Waals surface area (Å²) < 4.78 is 33.2. The molecular formula is C35H24F2N4O3. The Morgan fingerprint density at radius 1 is 0.795 bits per heavy atom. The Hall–Kier alpha value is -5.96. The third-order valence-corrected chi connectivity index (χ3v) is 6.92. The maximum absolute atomic E-state index is 13.7. The Balaban J connectivity index is 1.28. The molecule has 6 rings (SSSR count). The van der Waals surface area contributed by atoms with E-state index in [9.17, 15) is 18.4 Å². The van der Waals surface area contributed by atoms with Gasteiger partial charge in [0.15, 0.2) is 5.78 Å². The van der Waals surface area contributed by atoms with E-state index in [1.807, 2.05) is 18.2 Å². The molecule has 216 valence electrons. The van der Waals surface area contributed by atoms with Crippen LogP contribution in [0.1, 0.15) is 27.2 Å². The van der Waals surface area contributed by atoms with Crippen LogP contribution in [0, 0.1) is 11.6 Å². The highest BCUT2D eigenvalue weighted by Gasteiger charge is 2.16. The second-order valence-corrected chi connectivity index (χ2v) is 10.00. The summed E-state index contributed by atoms with van der Waals surface area (Å²) >= 11 is 0. The standard InChI is InChI=1S/C35H24F2N4O3/c36-27-8-3-22(4-9-27)30-17-25(31-12-7-24(19-39-31)34(43)23-5-10-28(37)11-6-23)15-26-16-29(44-35(26)30)20-41-33(42)14-2-21-1-13-32(38)40-18-21/h1-19H,20H2,(H2,38,40)(H,41,42). The van der Waals surface area contributed by atoms with Crippen LogP contribution < -0.4 is 11.1 Å². The number of anilines is 1. The van der Waals surface area contributed by atoms with Crippen molar-refractivity contribution in [1.82, 2.24) is 15.3 Å². The largest absolute Gasteiger partial charge is 0.459 e. The number of nitrogens with two attached hydrogens (primary N) is 1. The van der Waals surface area contributed by atoms with Crippen LogP contribution in [-0.4, -0.2) is 21.7 Å². The first-order valence-electron chi connectivity index (χ1n) is 13.6. The van der Waals surface area contributed by atoms with Gasteiger partial charge in [-0.2, -0.15) is 0 Å². The number of fused-ring (bicyclic) bond motifs is 1. The maximum Gasteiger partial charge on any atom is 0.244 e. The fourth-order valence-corrected chi connectivity index (χ4v) is 4.67. The normalized spacial score (nSPS) is 11.2. The lowest BCUT2D eigenvalue weighted by atomic mass is 9.98. The Morgan fingerprint density at radius 3 is 2.20 bits per heavy atom. The van der Waals surface area contributed by atoms with E-state index in [4.69, 9.17) is 10.2 Å². The molecule has 3 heterocycles. The fraction of sp³-hybridized carbons (Fsp3) is 0.0286. The molecule has 0 spiro atoms. The van der Waals surface area contributed by atoms with E-state index >= 15 is 0 Å². The first kappa shape index (κ1) is 28.2. The molecule has 0 aliphatic heterocycles. The van der Waals surface area contributed by atoms with Crippen molar-refractivity contribution in [3.63, 3.8) is 0 Å². The molecule has 0 aliphatic carbocycles. The average Bonchev–Trinajstić information content (AvgIpc) is 3.47. The van der Waals surface area contributed by atoms with Crippen LogP contribution in [0.25, 0.3) is 39.4 Å². The molecule has 3 aromatic carbocycles. The summed E-state index contributed by atoms with van der Waals surface area (Å²) in [5, 5.41) is 3.56. The first-order chi connectivity index (χ1) is 21.3. The van der Waals surface area contributed by atoms with E-state index in [-0.39, 0.29) is 24.1 Å². The lowest BCUT2D eigenvalue weighted by molar-refractivity contribution is -0.116. The van der Waals surface area contributed by atoms with Crippen molar-refractivity contribution in [1.29, 1.82) is 0 Å². The molecule has 0 radical (unpaired) electrons. The second-order valence-electron chi connectivity index (χ2n) is 10.00. The van der Waals surface area contributed by atoms with Crippen molar-refractivity contribution in [2.75, 3.05) is 5.73 Å². The summed E-state index contributed by atoms with van der Waals surface area (Å²) in [4.78, 5) is 33.8. The number of pyridine rings is 2. The first-order valence-corrected chi connectivity index (χ1v) is 13.6. The van der Waals surface area contributed by atoms with Gasteiger partial charge in [0.05, 0.1) is 12.2 Å². The minimum atomic E-state index is -0.420. The second kappa shape index (κ2) is 12.1. The van der Waals surface area contributed by atoms with Gasteiger partial charge in [0.25, 0.3) is 0 Å². The predicted molar refractivity (Wildman–Crippen MR) is 164 cm³/mol. The molecular weight excluding hydrogens is 562 g/mol. The number of amides is 1. The molecule has 0 atom stereocenters. The molecule has 0 saturated carbocycles. The lowest BCUT2D eigenvalue weighted by Gasteiger charge is -2.08. The molecule has 3 N–H and O–H groups in total. The molecule has 3 aromatic heterocycles. The van der Waals surface area contributed by atoms with E-state index in [0.29, 0.717) is 39.5 Å². The maximum atomic E-state index is 13.7. The minimum absolute atomic E-state index is 0.133. The molecule has 6 aromatic rings. The van der Waals surface area contributed by atoms with Crippen molar-refractivity contribution >= 4 is 34.6 Å². The van der Waals surface area contributed by atoms with Crippen molar-refractivity contribution in [3.05, 3.63) is 144 Å². The lowest BCUT2D eigenvalue weighted by Crippen LogP contribution is -2.19. The van der Waals surface area contributed by atoms with Crippen LogP contribution in [0.2, 0.25) is 0 Å². The smallest absolute Gasteiger partial charge is 0.244 e. The van der Waals surface area contributed by atoms with Crippen LogP contribution in [0.3, 0.4) is 0 Å². The van der Waals surface area contributed by atoms with Gasteiger partial charge in [-0.05, 0) is 96.1 Å². The number of carbonyl (C=O) groups excluding carboxylic acids is 2. The predicted octanol–water partition coefficient (Wildman–Crippen LogP) is 6.98. The van der Waals surface area contributed by atoms with Gasteiger partial charge in [0, 0.05) is 46.1 Å². The third-order valence-electron chi connectivity index (χ3n) is 6.92. The average molecular weight is 587 g/mol. The number of carbonyl (C=O) groups is 2. The number of halogens is 2. The number of nitrogens with one attached hydrogen (secondary N) is 1. The Bertz CT molecular complexity index is 2000. The van der Waals surface area contributed by atoms with Crippen molar-refractivity contribution in [3.8, 4) is 22.4 Å². The molecule has 0 fully saturated rings. The molecule has 7 nitrogen and oxygen atoms in total. The monoisotopic (exact) mass is 586 g/mol. The van der Waals surface area contributed by atoms with E-state index in [1.54, 1.807) is 48.7 Å². The Morgan fingerprint density at radius 2 is 1.52 bits per heavy atom. The number of hydrogen-bond acceptors (Lipinski definition) is 6. The van der Waals surface area contributed by atoms with Crippen LogP contribution in [0.4, 0.5) is 14.6 Å². The molecule has 0 unspecified atom stereocenters. The highest BCUT2D eigenvalue weighted by Crippen LogP contribution is 2.36. The number of furan rings is 1. The van der Waals surface area contributed by atoms with Crippen LogP contribution >= 0.6 is 0 Å². The quantitative estimate of drug-likeness (QED) is 0.147. The highest BCUT2D eigenvalue weighted by atomic mass is 19.1. The van der Waals surface area contributed by atoms with Gasteiger partial charge >= 0.3 is 0 Å². The number of aromatic nitrogens is 2. The molecule has 9 heteroatoms. The van der Waals surface area contributed by atoms with E-state index < -0.39 is 5.82 Å². The zero-order valence-electron chi connectivity index (χ0n) is 23.1. The minimum Gasteiger partial charge on any atom is -0.459 e. The SMILES string of the molecule is Nc1ccc(C=CC(=O)NCc2cc3cc(-c4ccc(C(=O)c5ccc(F)cc5)cn4)cc(-c4ccc(F)cc4)c3o2)cn1. The van der Waals surface area contributed by atoms with E-state index in [0.717, 1.165) is 22.1 Å². The highest BCUT2D eigenvalue weighted by molar-refractivity contribution is 6.09. The zero-order valence-corrected chi connectivity index (χ0v) is 23.1. The summed E-state index contributed by atoms with van der Waals surface area (Å²) in [5.74, 6) is -0.464. The zero-order chi connectivity index (χ0) is 30.6. The summed E-state index contributed by atoms with van der Waals surface area (Å²) in [6, 6.07) is 23.8. The van der Waals surface area contributed by atoms with Gasteiger partial charge in [-0.3, -0.25) is 14.6 Å². The summed E-state index contributed by atoms with van der Waals surface area (Å²) in [7, 11) is 0. The van der Waals surface area contributed by atoms with Crippen LogP contribution in [0.15, 0.2) is 114 Å². The summed E-state index contributed by atoms with van der Waals surface area (Å²) in [6.07, 6.45) is 6.07. The number of benzene rings is 3. The number of nitrogens with zero attached hydrogens (tertiary/aromatic N) is 2. The third kappa shape index (κ3) is 6.27. The Kier molecular flexibility index (Phi) is 7.75. The van der Waals surface area contributed by atoms with Crippen molar-refractivity contribution in [2.24, 2.45) is 0 Å². The van der Waals surface area contributed by atoms with Gasteiger partial charge in [0.2, 0.25) is 5.91 Å². The van der Waals surface area contributed by atoms with Crippen molar-refractivity contribution < 1.29 is 22.8 Å². The molecule has 0 bridgehead atoms. The summed E-state index contributed by atoms with van der Waals surface area (Å²) in [6.45, 7) is 0.133. The fourth-order valence-electron chi connectivity index (χ4n) is 4.67. The number of ketones is 1. The van der Waals surface area contributed by atoms with Gasteiger partial charge in [0.1, 0.15) is 28.8 Å². The number of nitrogen functional groups attached to an aromatic ring is 1. The van der Waals surface area contributed by atoms with Crippen LogP contribution in [0.5, 0.6) is 0 Å². The number of hydrogen-bond donors (Lipinski definition) is 2. The van der Waals surface area contributed by atoms with Crippen molar-refractivity contribution in [2.45, 2.75) is 6.54 Å². The number of rotatable bonds is 8. The Labute approximate surface area is 250 Å². The van der Waals surface area contributed by atoms with Gasteiger partial charge in [-0.1, -0.05) is 12.1 Å². The van der Waals surface area contributed by atoms with Gasteiger partial charge < -0.3 is 15.5 Å². The molecule has 0 saturated heterocycles. The van der Waals surface area contributed by atoms with Crippen LogP contribution in [-0.2, 0) is 11.3 Å². The summed E-state index contributed by atoms with van der Waals surface area (Å²) in [5.41, 5.74) is 10.4. The molecule has 1 amide bonds. The molecule has 0 aliphatic rings. The van der Waals surface area contributed by atoms with E-state index in [2.05, 4.69) is 15.3 Å². The topological polar surface area (TPSA) is 111 Å². The van der Waals surface area contributed by atoms with Gasteiger partial charge in [-0.15, -0.1) is 0 Å².